The first-order valence-corrected chi connectivity index (χ1v) is 9.34. The predicted molar refractivity (Wildman–Crippen MR) is 102 cm³/mol. The molecule has 1 aliphatic carbocycles. The van der Waals surface area contributed by atoms with Gasteiger partial charge in [-0.2, -0.15) is 5.10 Å². The van der Waals surface area contributed by atoms with Crippen LogP contribution in [0.5, 0.6) is 0 Å². The molecule has 3 aromatic rings. The zero-order valence-corrected chi connectivity index (χ0v) is 14.9. The molecule has 7 heteroatoms. The Balaban J connectivity index is 1.13. The van der Waals surface area contributed by atoms with Gasteiger partial charge in [0.1, 0.15) is 0 Å². The average molecular weight is 360 g/mol. The quantitative estimate of drug-likeness (QED) is 0.751. The second-order valence-electron chi connectivity index (χ2n) is 7.33. The van der Waals surface area contributed by atoms with Crippen LogP contribution in [-0.2, 0) is 0 Å². The number of carbonyl (C=O) groups excluding carboxylic acids is 1. The number of rotatable bonds is 5. The van der Waals surface area contributed by atoms with Crippen LogP contribution < -0.4 is 10.2 Å². The SMILES string of the molecule is O=C(NCC1CN(c2ccc(C3CC3)nn2)C1)c1ccc2nccnc2c1. The molecule has 0 atom stereocenters. The highest BCUT2D eigenvalue weighted by Crippen LogP contribution is 2.38. The van der Waals surface area contributed by atoms with Crippen molar-refractivity contribution in [3.05, 3.63) is 54.0 Å². The number of amides is 1. The Morgan fingerprint density at radius 1 is 1.04 bits per heavy atom. The average Bonchev–Trinajstić information content (AvgIpc) is 3.52. The van der Waals surface area contributed by atoms with Crippen LogP contribution >= 0.6 is 0 Å². The molecule has 0 spiro atoms. The molecule has 136 valence electrons. The zero-order valence-electron chi connectivity index (χ0n) is 14.9. The van der Waals surface area contributed by atoms with Gasteiger partial charge in [-0.15, -0.1) is 5.10 Å². The minimum atomic E-state index is -0.0745. The normalized spacial score (nSPS) is 17.0. The molecule has 1 N–H and O–H groups in total. The van der Waals surface area contributed by atoms with Crippen molar-refractivity contribution in [1.29, 1.82) is 0 Å². The number of hydrogen-bond donors (Lipinski definition) is 1. The van der Waals surface area contributed by atoms with Gasteiger partial charge in [0.2, 0.25) is 0 Å². The number of nitrogens with one attached hydrogen (secondary N) is 1. The lowest BCUT2D eigenvalue weighted by atomic mass is 10.00. The number of fused-ring (bicyclic) bond motifs is 1. The molecule has 1 saturated carbocycles. The van der Waals surface area contributed by atoms with E-state index in [2.05, 4.69) is 42.5 Å². The molecule has 1 saturated heterocycles. The summed E-state index contributed by atoms with van der Waals surface area (Å²) in [7, 11) is 0. The summed E-state index contributed by atoms with van der Waals surface area (Å²) in [6.45, 7) is 2.43. The first-order valence-electron chi connectivity index (χ1n) is 9.34. The third-order valence-electron chi connectivity index (χ3n) is 5.23. The minimum Gasteiger partial charge on any atom is -0.354 e. The first-order chi connectivity index (χ1) is 13.3. The van der Waals surface area contributed by atoms with Gasteiger partial charge in [0.15, 0.2) is 5.82 Å². The van der Waals surface area contributed by atoms with Gasteiger partial charge in [-0.25, -0.2) is 0 Å². The van der Waals surface area contributed by atoms with E-state index >= 15 is 0 Å². The van der Waals surface area contributed by atoms with E-state index in [9.17, 15) is 4.79 Å². The monoisotopic (exact) mass is 360 g/mol. The molecule has 2 fully saturated rings. The first kappa shape index (κ1) is 16.1. The Bertz CT molecular complexity index is 979. The Labute approximate surface area is 156 Å². The summed E-state index contributed by atoms with van der Waals surface area (Å²) in [5.41, 5.74) is 3.24. The maximum Gasteiger partial charge on any atom is 0.251 e. The summed E-state index contributed by atoms with van der Waals surface area (Å²) < 4.78 is 0. The third-order valence-corrected chi connectivity index (χ3v) is 5.23. The number of aromatic nitrogens is 4. The number of benzene rings is 1. The molecule has 2 aliphatic rings. The molecule has 0 radical (unpaired) electrons. The number of nitrogens with zero attached hydrogens (tertiary/aromatic N) is 5. The largest absolute Gasteiger partial charge is 0.354 e. The summed E-state index contributed by atoms with van der Waals surface area (Å²) in [5, 5.41) is 11.7. The summed E-state index contributed by atoms with van der Waals surface area (Å²) in [6, 6.07) is 9.55. The Morgan fingerprint density at radius 3 is 2.59 bits per heavy atom. The van der Waals surface area contributed by atoms with Crippen molar-refractivity contribution < 1.29 is 4.79 Å². The summed E-state index contributed by atoms with van der Waals surface area (Å²) >= 11 is 0. The topological polar surface area (TPSA) is 83.9 Å². The van der Waals surface area contributed by atoms with Crippen LogP contribution in [0.1, 0.15) is 34.8 Å². The van der Waals surface area contributed by atoms with Crippen LogP contribution in [0.2, 0.25) is 0 Å². The molecular weight excluding hydrogens is 340 g/mol. The molecule has 0 bridgehead atoms. The fourth-order valence-corrected chi connectivity index (χ4v) is 3.43. The van der Waals surface area contributed by atoms with E-state index in [4.69, 9.17) is 0 Å². The van der Waals surface area contributed by atoms with Crippen LogP contribution in [0.4, 0.5) is 5.82 Å². The molecule has 27 heavy (non-hydrogen) atoms. The van der Waals surface area contributed by atoms with Gasteiger partial charge >= 0.3 is 0 Å². The summed E-state index contributed by atoms with van der Waals surface area (Å²) in [4.78, 5) is 23.1. The van der Waals surface area contributed by atoms with Crippen molar-refractivity contribution in [2.24, 2.45) is 5.92 Å². The molecule has 3 heterocycles. The number of anilines is 1. The number of hydrogen-bond acceptors (Lipinski definition) is 6. The van der Waals surface area contributed by atoms with Crippen molar-refractivity contribution in [2.45, 2.75) is 18.8 Å². The minimum absolute atomic E-state index is 0.0745. The molecular formula is C20H20N6O. The lowest BCUT2D eigenvalue weighted by Crippen LogP contribution is -2.51. The van der Waals surface area contributed by atoms with E-state index in [0.717, 1.165) is 35.6 Å². The molecule has 1 aromatic carbocycles. The highest BCUT2D eigenvalue weighted by molar-refractivity contribution is 5.97. The van der Waals surface area contributed by atoms with Crippen molar-refractivity contribution >= 4 is 22.8 Å². The van der Waals surface area contributed by atoms with Gasteiger partial charge in [0, 0.05) is 49.4 Å². The molecule has 1 amide bonds. The summed E-state index contributed by atoms with van der Waals surface area (Å²) in [5.74, 6) is 1.91. The smallest absolute Gasteiger partial charge is 0.251 e. The molecule has 5 rings (SSSR count). The van der Waals surface area contributed by atoms with E-state index in [-0.39, 0.29) is 5.91 Å². The van der Waals surface area contributed by atoms with Gasteiger partial charge < -0.3 is 10.2 Å². The van der Waals surface area contributed by atoms with E-state index in [1.54, 1.807) is 24.5 Å². The number of carbonyl (C=O) groups is 1. The van der Waals surface area contributed by atoms with E-state index in [1.807, 2.05) is 6.07 Å². The second-order valence-corrected chi connectivity index (χ2v) is 7.33. The van der Waals surface area contributed by atoms with Crippen molar-refractivity contribution in [2.75, 3.05) is 24.5 Å². The maximum absolute atomic E-state index is 12.4. The van der Waals surface area contributed by atoms with Crippen molar-refractivity contribution in [3.8, 4) is 0 Å². The Kier molecular flexibility index (Phi) is 3.92. The highest BCUT2D eigenvalue weighted by Gasteiger charge is 2.29. The van der Waals surface area contributed by atoms with Gasteiger partial charge in [0.05, 0.1) is 16.7 Å². The summed E-state index contributed by atoms with van der Waals surface area (Å²) in [6.07, 6.45) is 5.76. The van der Waals surface area contributed by atoms with Crippen LogP contribution in [0.3, 0.4) is 0 Å². The van der Waals surface area contributed by atoms with Gasteiger partial charge in [-0.1, -0.05) is 0 Å². The van der Waals surface area contributed by atoms with Gasteiger partial charge in [-0.05, 0) is 43.2 Å². The fraction of sp³-hybridized carbons (Fsp3) is 0.350. The van der Waals surface area contributed by atoms with Crippen LogP contribution in [0, 0.1) is 5.92 Å². The Morgan fingerprint density at radius 2 is 1.85 bits per heavy atom. The van der Waals surface area contributed by atoms with Gasteiger partial charge in [-0.3, -0.25) is 14.8 Å². The standard InChI is InChI=1S/C20H20N6O/c27-20(15-3-4-17-18(9-15)22-8-7-21-17)23-10-13-11-26(12-13)19-6-5-16(24-25-19)14-1-2-14/h3-9,13-14H,1-2,10-12H2,(H,23,27). The lowest BCUT2D eigenvalue weighted by Gasteiger charge is -2.39. The van der Waals surface area contributed by atoms with Crippen LogP contribution in [0.25, 0.3) is 11.0 Å². The second kappa shape index (κ2) is 6.57. The van der Waals surface area contributed by atoms with Gasteiger partial charge in [0.25, 0.3) is 5.91 Å². The molecule has 2 aromatic heterocycles. The van der Waals surface area contributed by atoms with E-state index in [1.165, 1.54) is 12.8 Å². The molecule has 0 unspecified atom stereocenters. The molecule has 1 aliphatic heterocycles. The van der Waals surface area contributed by atoms with Crippen molar-refractivity contribution in [3.63, 3.8) is 0 Å². The van der Waals surface area contributed by atoms with Crippen LogP contribution in [-0.4, -0.2) is 45.7 Å². The molecule has 7 nitrogen and oxygen atoms in total. The van der Waals surface area contributed by atoms with E-state index in [0.29, 0.717) is 23.9 Å². The third kappa shape index (κ3) is 3.32. The van der Waals surface area contributed by atoms with Crippen molar-refractivity contribution in [1.82, 2.24) is 25.5 Å². The van der Waals surface area contributed by atoms with Crippen LogP contribution in [0.15, 0.2) is 42.7 Å². The van der Waals surface area contributed by atoms with E-state index < -0.39 is 0 Å². The Hall–Kier alpha value is -3.09. The lowest BCUT2D eigenvalue weighted by molar-refractivity contribution is 0.0944. The predicted octanol–water partition coefficient (Wildman–Crippen LogP) is 2.16. The highest BCUT2D eigenvalue weighted by atomic mass is 16.1. The fourth-order valence-electron chi connectivity index (χ4n) is 3.43. The maximum atomic E-state index is 12.4. The zero-order chi connectivity index (χ0) is 18.2.